The molecule has 8 nitrogen and oxygen atoms in total. The van der Waals surface area contributed by atoms with E-state index in [1.165, 1.54) is 28.5 Å². The monoisotopic (exact) mass is 430 g/mol. The van der Waals surface area contributed by atoms with Crippen LogP contribution < -0.4 is 14.7 Å². The Hall–Kier alpha value is -3.33. The van der Waals surface area contributed by atoms with Gasteiger partial charge in [-0.05, 0) is 30.3 Å². The molecule has 2 amide bonds. The fraction of sp³-hybridized carbons (Fsp3) is 0.364. The smallest absolute Gasteiger partial charge is 0.416 e. The van der Waals surface area contributed by atoms with E-state index in [0.29, 0.717) is 24.5 Å². The second-order valence-electron chi connectivity index (χ2n) is 7.52. The summed E-state index contributed by atoms with van der Waals surface area (Å²) in [6, 6.07) is 15.0. The Morgan fingerprint density at radius 1 is 1.03 bits per heavy atom. The zero-order valence-corrected chi connectivity index (χ0v) is 17.6. The first-order valence-corrected chi connectivity index (χ1v) is 10.00. The molecule has 2 aliphatic rings. The molecular weight excluding hydrogens is 403 g/mol. The quantitative estimate of drug-likeness (QED) is 0.741. The molecule has 0 saturated carbocycles. The minimum Gasteiger partial charge on any atom is -0.423 e. The van der Waals surface area contributed by atoms with Crippen LogP contribution in [0.5, 0.6) is 0 Å². The van der Waals surface area contributed by atoms with Crippen LogP contribution in [0.3, 0.4) is 0 Å². The molecule has 2 aromatic rings. The number of cyclic esters (lactones) is 1. The van der Waals surface area contributed by atoms with Gasteiger partial charge in [-0.15, -0.1) is 0 Å². The standard InChI is InChI=1S/C22H25FN4O3.H2O/c1-16(28)24(2)21-15-27(22(29)30-21)18-8-9-20(19(23)14-18)26-12-10-25(11-13-26)17-6-4-3-5-7-17;/h3-9,14,21H,10-13,15H2,1-2H3;1H2/t21-;/m0./s1. The van der Waals surface area contributed by atoms with Gasteiger partial charge in [0.2, 0.25) is 5.91 Å². The van der Waals surface area contributed by atoms with Crippen molar-refractivity contribution < 1.29 is 24.2 Å². The van der Waals surface area contributed by atoms with Crippen molar-refractivity contribution in [3.63, 3.8) is 0 Å². The number of hydrogen-bond acceptors (Lipinski definition) is 5. The molecule has 9 heteroatoms. The molecule has 0 aromatic heterocycles. The van der Waals surface area contributed by atoms with Gasteiger partial charge in [-0.2, -0.15) is 0 Å². The van der Waals surface area contributed by atoms with Crippen molar-refractivity contribution in [3.05, 3.63) is 54.3 Å². The van der Waals surface area contributed by atoms with Crippen LogP contribution in [0, 0.1) is 5.82 Å². The molecular formula is C22H27FN4O4. The SMILES string of the molecule is CC(=O)N(C)[C@@H]1CN(c2ccc(N3CCN(c4ccccc4)CC3)c(F)c2)C(=O)O1.O. The number of piperazine rings is 1. The van der Waals surface area contributed by atoms with Crippen LogP contribution in [0.1, 0.15) is 6.92 Å². The molecule has 2 N–H and O–H groups in total. The van der Waals surface area contributed by atoms with Gasteiger partial charge < -0.3 is 24.9 Å². The van der Waals surface area contributed by atoms with Crippen molar-refractivity contribution in [2.24, 2.45) is 0 Å². The van der Waals surface area contributed by atoms with E-state index in [-0.39, 0.29) is 23.7 Å². The molecule has 2 aromatic carbocycles. The molecule has 31 heavy (non-hydrogen) atoms. The second-order valence-corrected chi connectivity index (χ2v) is 7.52. The van der Waals surface area contributed by atoms with Crippen LogP contribution >= 0.6 is 0 Å². The first-order valence-electron chi connectivity index (χ1n) is 10.00. The van der Waals surface area contributed by atoms with E-state index < -0.39 is 12.3 Å². The maximum Gasteiger partial charge on any atom is 0.416 e. The predicted molar refractivity (Wildman–Crippen MR) is 117 cm³/mol. The Morgan fingerprint density at radius 2 is 1.68 bits per heavy atom. The van der Waals surface area contributed by atoms with E-state index in [1.807, 2.05) is 23.1 Å². The number of likely N-dealkylation sites (N-methyl/N-ethyl adjacent to an activating group) is 1. The van der Waals surface area contributed by atoms with Crippen LogP contribution in [-0.4, -0.2) is 68.4 Å². The van der Waals surface area contributed by atoms with Gasteiger partial charge in [0.05, 0.1) is 17.9 Å². The van der Waals surface area contributed by atoms with Crippen molar-refractivity contribution in [1.82, 2.24) is 4.90 Å². The summed E-state index contributed by atoms with van der Waals surface area (Å²) in [5.74, 6) is -0.581. The molecule has 0 aliphatic carbocycles. The third-order valence-corrected chi connectivity index (χ3v) is 5.71. The molecule has 2 fully saturated rings. The molecule has 4 rings (SSSR count). The molecule has 2 aliphatic heterocycles. The molecule has 0 spiro atoms. The molecule has 2 saturated heterocycles. The van der Waals surface area contributed by atoms with Crippen LogP contribution in [-0.2, 0) is 9.53 Å². The maximum absolute atomic E-state index is 14.9. The number of carbonyl (C=O) groups excluding carboxylic acids is 2. The normalized spacial score (nSPS) is 18.5. The predicted octanol–water partition coefficient (Wildman–Crippen LogP) is 2.09. The minimum absolute atomic E-state index is 0. The highest BCUT2D eigenvalue weighted by Gasteiger charge is 2.36. The van der Waals surface area contributed by atoms with Crippen LogP contribution in [0.4, 0.5) is 26.2 Å². The molecule has 0 radical (unpaired) electrons. The summed E-state index contributed by atoms with van der Waals surface area (Å²) in [5.41, 5.74) is 2.12. The lowest BCUT2D eigenvalue weighted by Gasteiger charge is -2.37. The second kappa shape index (κ2) is 9.22. The third kappa shape index (κ3) is 4.56. The summed E-state index contributed by atoms with van der Waals surface area (Å²) in [5, 5.41) is 0. The first-order chi connectivity index (χ1) is 14.4. The maximum atomic E-state index is 14.9. The van der Waals surface area contributed by atoms with Gasteiger partial charge in [0.1, 0.15) is 5.82 Å². The fourth-order valence-electron chi connectivity index (χ4n) is 3.83. The number of carbonyl (C=O) groups is 2. The Morgan fingerprint density at radius 3 is 2.29 bits per heavy atom. The van der Waals surface area contributed by atoms with Gasteiger partial charge in [-0.3, -0.25) is 9.69 Å². The summed E-state index contributed by atoms with van der Waals surface area (Å²) in [4.78, 5) is 30.7. The highest BCUT2D eigenvalue weighted by Crippen LogP contribution is 2.29. The minimum atomic E-state index is -0.677. The number of para-hydroxylation sites is 1. The number of halogens is 1. The number of rotatable bonds is 4. The lowest BCUT2D eigenvalue weighted by molar-refractivity contribution is -0.134. The van der Waals surface area contributed by atoms with Gasteiger partial charge in [-0.25, -0.2) is 9.18 Å². The van der Waals surface area contributed by atoms with E-state index in [2.05, 4.69) is 17.0 Å². The number of amides is 2. The number of anilines is 3. The van der Waals surface area contributed by atoms with Crippen molar-refractivity contribution in [2.75, 3.05) is 54.5 Å². The number of benzene rings is 2. The Kier molecular flexibility index (Phi) is 6.65. The lowest BCUT2D eigenvalue weighted by atomic mass is 10.2. The zero-order chi connectivity index (χ0) is 21.3. The molecule has 2 heterocycles. The van der Waals surface area contributed by atoms with Gasteiger partial charge in [0, 0.05) is 45.8 Å². The summed E-state index contributed by atoms with van der Waals surface area (Å²) in [7, 11) is 1.57. The number of hydrogen-bond donors (Lipinski definition) is 0. The molecule has 0 bridgehead atoms. The Bertz CT molecular complexity index is 934. The average molecular weight is 430 g/mol. The first kappa shape index (κ1) is 22.4. The van der Waals surface area contributed by atoms with Crippen molar-refractivity contribution in [1.29, 1.82) is 0 Å². The van der Waals surface area contributed by atoms with Gasteiger partial charge in [0.15, 0.2) is 6.23 Å². The van der Waals surface area contributed by atoms with Crippen molar-refractivity contribution in [2.45, 2.75) is 13.2 Å². The average Bonchev–Trinajstić information content (AvgIpc) is 3.15. The summed E-state index contributed by atoms with van der Waals surface area (Å²) in [6.45, 7) is 4.61. The van der Waals surface area contributed by atoms with E-state index in [9.17, 15) is 14.0 Å². The zero-order valence-electron chi connectivity index (χ0n) is 17.6. The van der Waals surface area contributed by atoms with E-state index in [4.69, 9.17) is 4.74 Å². The highest BCUT2D eigenvalue weighted by molar-refractivity contribution is 5.90. The summed E-state index contributed by atoms with van der Waals surface area (Å²) >= 11 is 0. The summed E-state index contributed by atoms with van der Waals surface area (Å²) in [6.07, 6.45) is -1.26. The topological polar surface area (TPSA) is 87.8 Å². The van der Waals surface area contributed by atoms with Crippen LogP contribution in [0.25, 0.3) is 0 Å². The van der Waals surface area contributed by atoms with Crippen molar-refractivity contribution >= 4 is 29.1 Å². The lowest BCUT2D eigenvalue weighted by Crippen LogP contribution is -2.46. The molecule has 1 atom stereocenters. The van der Waals surface area contributed by atoms with E-state index >= 15 is 0 Å². The van der Waals surface area contributed by atoms with Gasteiger partial charge in [-0.1, -0.05) is 18.2 Å². The molecule has 0 unspecified atom stereocenters. The van der Waals surface area contributed by atoms with Crippen molar-refractivity contribution in [3.8, 4) is 0 Å². The van der Waals surface area contributed by atoms with Gasteiger partial charge >= 0.3 is 6.09 Å². The number of nitrogens with zero attached hydrogens (tertiary/aromatic N) is 4. The Labute approximate surface area is 180 Å². The molecule has 166 valence electrons. The highest BCUT2D eigenvalue weighted by atomic mass is 19.1. The van der Waals surface area contributed by atoms with Crippen LogP contribution in [0.2, 0.25) is 0 Å². The Balaban J connectivity index is 0.00000272. The van der Waals surface area contributed by atoms with Crippen LogP contribution in [0.15, 0.2) is 48.5 Å². The van der Waals surface area contributed by atoms with E-state index in [1.54, 1.807) is 19.2 Å². The third-order valence-electron chi connectivity index (χ3n) is 5.71. The summed E-state index contributed by atoms with van der Waals surface area (Å²) < 4.78 is 20.2. The van der Waals surface area contributed by atoms with E-state index in [0.717, 1.165) is 13.1 Å². The fourth-order valence-corrected chi connectivity index (χ4v) is 3.83. The largest absolute Gasteiger partial charge is 0.423 e. The van der Waals surface area contributed by atoms with Gasteiger partial charge in [0.25, 0.3) is 0 Å². The number of ether oxygens (including phenoxy) is 1.